The summed E-state index contributed by atoms with van der Waals surface area (Å²) in [6.07, 6.45) is 0.198. The molecule has 106 valence electrons. The normalized spacial score (nSPS) is 10.2. The van der Waals surface area contributed by atoms with Crippen LogP contribution in [0.1, 0.15) is 11.3 Å². The maximum Gasteiger partial charge on any atom is 0.309 e. The van der Waals surface area contributed by atoms with Crippen LogP contribution >= 0.6 is 22.9 Å². The molecular weight excluding hydrogens is 298 g/mol. The van der Waals surface area contributed by atoms with Gasteiger partial charge >= 0.3 is 5.97 Å². The maximum absolute atomic E-state index is 11.5. The van der Waals surface area contributed by atoms with E-state index in [2.05, 4.69) is 0 Å². The predicted molar refractivity (Wildman–Crippen MR) is 80.1 cm³/mol. The minimum Gasteiger partial charge on any atom is -0.493 e. The number of hydrogen-bond acceptors (Lipinski definition) is 5. The van der Waals surface area contributed by atoms with Crippen LogP contribution in [0.4, 0.5) is 5.69 Å². The highest BCUT2D eigenvalue weighted by Gasteiger charge is 2.05. The summed E-state index contributed by atoms with van der Waals surface area (Å²) in [6, 6.07) is 10.6. The molecule has 2 rings (SSSR count). The lowest BCUT2D eigenvalue weighted by Gasteiger charge is -2.06. The van der Waals surface area contributed by atoms with Crippen molar-refractivity contribution in [3.63, 3.8) is 0 Å². The van der Waals surface area contributed by atoms with Gasteiger partial charge in [-0.05, 0) is 36.4 Å². The van der Waals surface area contributed by atoms with Crippen LogP contribution in [0.15, 0.2) is 36.4 Å². The van der Waals surface area contributed by atoms with Crippen molar-refractivity contribution in [2.45, 2.75) is 13.0 Å². The third kappa shape index (κ3) is 4.75. The molecule has 0 aliphatic rings. The predicted octanol–water partition coefficient (Wildman–Crippen LogP) is 3.50. The summed E-state index contributed by atoms with van der Waals surface area (Å²) in [5.74, 6) is 0.377. The molecule has 0 bridgehead atoms. The molecule has 0 saturated carbocycles. The van der Waals surface area contributed by atoms with Crippen LogP contribution in [0.3, 0.4) is 0 Å². The van der Waals surface area contributed by atoms with Gasteiger partial charge in [0.15, 0.2) is 0 Å². The number of esters is 1. The van der Waals surface area contributed by atoms with E-state index in [1.54, 1.807) is 30.3 Å². The van der Waals surface area contributed by atoms with E-state index in [9.17, 15) is 4.79 Å². The van der Waals surface area contributed by atoms with Crippen molar-refractivity contribution in [1.82, 2.24) is 0 Å². The van der Waals surface area contributed by atoms with E-state index < -0.39 is 0 Å². The fourth-order valence-electron chi connectivity index (χ4n) is 1.47. The van der Waals surface area contributed by atoms with E-state index in [1.165, 1.54) is 11.3 Å². The highest BCUT2D eigenvalue weighted by molar-refractivity contribution is 7.16. The van der Waals surface area contributed by atoms with Crippen LogP contribution in [-0.2, 0) is 16.1 Å². The Balaban J connectivity index is 1.66. The zero-order valence-electron chi connectivity index (χ0n) is 10.7. The quantitative estimate of drug-likeness (QED) is 0.655. The zero-order chi connectivity index (χ0) is 14.4. The number of rotatable bonds is 6. The van der Waals surface area contributed by atoms with Gasteiger partial charge in [-0.1, -0.05) is 11.6 Å². The minimum absolute atomic E-state index is 0.198. The first kappa shape index (κ1) is 14.7. The Bertz CT molecular complexity index is 568. The van der Waals surface area contributed by atoms with E-state index in [1.807, 2.05) is 6.07 Å². The molecule has 0 spiro atoms. The summed E-state index contributed by atoms with van der Waals surface area (Å²) < 4.78 is 11.2. The fraction of sp³-hybridized carbons (Fsp3) is 0.214. The SMILES string of the molecule is Nc1ccc(OCCC(=O)OCc2ccc(Cl)s2)cc1. The van der Waals surface area contributed by atoms with Gasteiger partial charge in [0.25, 0.3) is 0 Å². The Morgan fingerprint density at radius 2 is 1.95 bits per heavy atom. The number of nitrogens with two attached hydrogens (primary N) is 1. The van der Waals surface area contributed by atoms with E-state index in [0.717, 1.165) is 4.88 Å². The van der Waals surface area contributed by atoms with Gasteiger partial charge < -0.3 is 15.2 Å². The number of ether oxygens (including phenoxy) is 2. The Morgan fingerprint density at radius 1 is 1.20 bits per heavy atom. The molecule has 0 radical (unpaired) electrons. The number of anilines is 1. The molecule has 1 aromatic carbocycles. The Labute approximate surface area is 126 Å². The van der Waals surface area contributed by atoms with Gasteiger partial charge in [0.1, 0.15) is 12.4 Å². The molecule has 0 aliphatic carbocycles. The van der Waals surface area contributed by atoms with Crippen LogP contribution in [0, 0.1) is 0 Å². The van der Waals surface area contributed by atoms with Crippen molar-refractivity contribution >= 4 is 34.6 Å². The molecule has 6 heteroatoms. The van der Waals surface area contributed by atoms with Gasteiger partial charge in [0, 0.05) is 10.6 Å². The largest absolute Gasteiger partial charge is 0.493 e. The molecule has 2 aromatic rings. The first-order valence-corrected chi connectivity index (χ1v) is 7.21. The Kier molecular flexibility index (Phi) is 5.26. The van der Waals surface area contributed by atoms with Gasteiger partial charge in [-0.25, -0.2) is 0 Å². The first-order valence-electron chi connectivity index (χ1n) is 6.01. The topological polar surface area (TPSA) is 61.5 Å². The summed E-state index contributed by atoms with van der Waals surface area (Å²) >= 11 is 7.18. The molecule has 0 unspecified atom stereocenters. The number of halogens is 1. The van der Waals surface area contributed by atoms with Crippen LogP contribution < -0.4 is 10.5 Å². The van der Waals surface area contributed by atoms with Crippen molar-refractivity contribution in [2.24, 2.45) is 0 Å². The molecule has 0 amide bonds. The third-order valence-electron chi connectivity index (χ3n) is 2.46. The number of carbonyl (C=O) groups excluding carboxylic acids is 1. The number of thiophene rings is 1. The number of hydrogen-bond donors (Lipinski definition) is 1. The molecule has 0 atom stereocenters. The van der Waals surface area contributed by atoms with Crippen LogP contribution in [0.25, 0.3) is 0 Å². The number of carbonyl (C=O) groups is 1. The first-order chi connectivity index (χ1) is 9.63. The lowest BCUT2D eigenvalue weighted by atomic mass is 10.3. The van der Waals surface area contributed by atoms with Crippen molar-refractivity contribution in [3.8, 4) is 5.75 Å². The maximum atomic E-state index is 11.5. The molecule has 2 N–H and O–H groups in total. The smallest absolute Gasteiger partial charge is 0.309 e. The third-order valence-corrected chi connectivity index (χ3v) is 3.66. The Hall–Kier alpha value is -1.72. The van der Waals surface area contributed by atoms with Crippen molar-refractivity contribution in [1.29, 1.82) is 0 Å². The van der Waals surface area contributed by atoms with Crippen LogP contribution in [0.2, 0.25) is 4.34 Å². The number of benzene rings is 1. The summed E-state index contributed by atoms with van der Waals surface area (Å²) in [6.45, 7) is 0.520. The van der Waals surface area contributed by atoms with Gasteiger partial charge in [-0.3, -0.25) is 4.79 Å². The highest BCUT2D eigenvalue weighted by Crippen LogP contribution is 2.22. The summed E-state index contributed by atoms with van der Waals surface area (Å²) in [5.41, 5.74) is 6.23. The van der Waals surface area contributed by atoms with Crippen molar-refractivity contribution in [2.75, 3.05) is 12.3 Å². The monoisotopic (exact) mass is 311 g/mol. The molecule has 0 fully saturated rings. The highest BCUT2D eigenvalue weighted by atomic mass is 35.5. The van der Waals surface area contributed by atoms with E-state index in [0.29, 0.717) is 15.8 Å². The van der Waals surface area contributed by atoms with Crippen LogP contribution in [0.5, 0.6) is 5.75 Å². The van der Waals surface area contributed by atoms with E-state index in [-0.39, 0.29) is 25.6 Å². The van der Waals surface area contributed by atoms with E-state index in [4.69, 9.17) is 26.8 Å². The standard InChI is InChI=1S/C14H14ClNO3S/c15-13-6-5-12(20-13)9-19-14(17)7-8-18-11-3-1-10(16)2-4-11/h1-6H,7-9,16H2. The summed E-state index contributed by atoms with van der Waals surface area (Å²) in [5, 5.41) is 0. The molecule has 1 aromatic heterocycles. The molecule has 20 heavy (non-hydrogen) atoms. The average Bonchev–Trinajstić information content (AvgIpc) is 2.85. The second-order valence-corrected chi connectivity index (χ2v) is 5.83. The zero-order valence-corrected chi connectivity index (χ0v) is 12.2. The second kappa shape index (κ2) is 7.17. The molecule has 0 saturated heterocycles. The summed E-state index contributed by atoms with van der Waals surface area (Å²) in [4.78, 5) is 12.4. The molecular formula is C14H14ClNO3S. The lowest BCUT2D eigenvalue weighted by Crippen LogP contribution is -2.09. The fourth-order valence-corrected chi connectivity index (χ4v) is 2.47. The molecule has 0 aliphatic heterocycles. The minimum atomic E-state index is -0.301. The van der Waals surface area contributed by atoms with Gasteiger partial charge in [0.05, 0.1) is 17.4 Å². The molecule has 1 heterocycles. The molecule has 4 nitrogen and oxygen atoms in total. The number of nitrogen functional groups attached to an aromatic ring is 1. The van der Waals surface area contributed by atoms with Gasteiger partial charge in [-0.15, -0.1) is 11.3 Å². The van der Waals surface area contributed by atoms with E-state index >= 15 is 0 Å². The second-order valence-electron chi connectivity index (χ2n) is 4.03. The summed E-state index contributed by atoms with van der Waals surface area (Å²) in [7, 11) is 0. The Morgan fingerprint density at radius 3 is 2.60 bits per heavy atom. The lowest BCUT2D eigenvalue weighted by molar-refractivity contribution is -0.145. The van der Waals surface area contributed by atoms with Crippen molar-refractivity contribution in [3.05, 3.63) is 45.6 Å². The van der Waals surface area contributed by atoms with Crippen molar-refractivity contribution < 1.29 is 14.3 Å². The van der Waals surface area contributed by atoms with Gasteiger partial charge in [-0.2, -0.15) is 0 Å². The van der Waals surface area contributed by atoms with Crippen LogP contribution in [-0.4, -0.2) is 12.6 Å². The average molecular weight is 312 g/mol. The van der Waals surface area contributed by atoms with Gasteiger partial charge in [0.2, 0.25) is 0 Å².